The number of aryl methyl sites for hydroxylation is 1. The number of para-hydroxylation sites is 1. The van der Waals surface area contributed by atoms with Crippen molar-refractivity contribution < 1.29 is 46.6 Å². The Hall–Kier alpha value is -3.41. The SMILES string of the molecule is O=C(O)CC(NC(=O)[C@@H]1CCc2ccccc2N1C(=O)O[C@H](C1C=CC=C(Cl)C1)C(F)(F)F)C(=O)CF. The monoisotopic (exact) mass is 546 g/mol. The zero-order valence-corrected chi connectivity index (χ0v) is 20.0. The second-order valence-corrected chi connectivity index (χ2v) is 9.01. The molecule has 1 aliphatic heterocycles. The number of nitrogens with one attached hydrogen (secondary N) is 1. The Morgan fingerprint density at radius 1 is 1.22 bits per heavy atom. The summed E-state index contributed by atoms with van der Waals surface area (Å²) >= 11 is 5.89. The number of rotatable bonds is 8. The van der Waals surface area contributed by atoms with Crippen LogP contribution in [-0.2, 0) is 25.5 Å². The van der Waals surface area contributed by atoms with Crippen LogP contribution in [0, 0.1) is 5.92 Å². The maximum absolute atomic E-state index is 13.9. The Kier molecular flexibility index (Phi) is 8.95. The van der Waals surface area contributed by atoms with E-state index in [9.17, 15) is 36.7 Å². The molecule has 1 aromatic carbocycles. The fourth-order valence-corrected chi connectivity index (χ4v) is 4.49. The van der Waals surface area contributed by atoms with E-state index in [1.807, 2.05) is 0 Å². The van der Waals surface area contributed by atoms with Crippen LogP contribution in [0.25, 0.3) is 0 Å². The van der Waals surface area contributed by atoms with Crippen LogP contribution in [0.1, 0.15) is 24.8 Å². The van der Waals surface area contributed by atoms with E-state index in [0.717, 1.165) is 4.90 Å². The maximum Gasteiger partial charge on any atom is 0.426 e. The number of alkyl halides is 4. The van der Waals surface area contributed by atoms with Gasteiger partial charge < -0.3 is 15.2 Å². The third kappa shape index (κ3) is 6.88. The molecule has 200 valence electrons. The molecule has 13 heteroatoms. The molecule has 37 heavy (non-hydrogen) atoms. The largest absolute Gasteiger partial charge is 0.481 e. The van der Waals surface area contributed by atoms with Crippen molar-refractivity contribution >= 4 is 41.0 Å². The standard InChI is InChI=1S/C24H23ClF4N2O6/c25-15-6-3-5-14(10-15)21(24(27,28)29)37-23(36)31-17-7-2-1-4-13(17)8-9-18(31)22(35)30-16(11-20(33)34)19(32)12-26/h1-7,14,16,18,21H,8-12H2,(H,30,35)(H,33,34)/t14?,16?,18-,21+/m0/s1. The summed E-state index contributed by atoms with van der Waals surface area (Å²) in [5.41, 5.74) is 0.668. The molecule has 1 heterocycles. The third-order valence-electron chi connectivity index (χ3n) is 5.97. The predicted octanol–water partition coefficient (Wildman–Crippen LogP) is 4.07. The highest BCUT2D eigenvalue weighted by molar-refractivity contribution is 6.29. The summed E-state index contributed by atoms with van der Waals surface area (Å²) in [6, 6.07) is 3.01. The van der Waals surface area contributed by atoms with E-state index in [-0.39, 0.29) is 30.0 Å². The molecule has 0 saturated carbocycles. The van der Waals surface area contributed by atoms with Crippen molar-refractivity contribution in [2.45, 2.75) is 50.0 Å². The van der Waals surface area contributed by atoms with Crippen LogP contribution in [-0.4, -0.2) is 59.9 Å². The minimum atomic E-state index is -4.97. The van der Waals surface area contributed by atoms with Crippen LogP contribution >= 0.6 is 11.6 Å². The summed E-state index contributed by atoms with van der Waals surface area (Å²) < 4.78 is 59.7. The van der Waals surface area contributed by atoms with Gasteiger partial charge in [0.05, 0.1) is 12.1 Å². The molecule has 0 spiro atoms. The lowest BCUT2D eigenvalue weighted by Crippen LogP contribution is -2.57. The number of hydrogen-bond acceptors (Lipinski definition) is 5. The highest BCUT2D eigenvalue weighted by Gasteiger charge is 2.49. The number of hydrogen-bond donors (Lipinski definition) is 2. The van der Waals surface area contributed by atoms with Crippen LogP contribution in [0.15, 0.2) is 47.5 Å². The number of fused-ring (bicyclic) bond motifs is 1. The van der Waals surface area contributed by atoms with Crippen molar-refractivity contribution in [2.24, 2.45) is 5.92 Å². The predicted molar refractivity (Wildman–Crippen MR) is 124 cm³/mol. The number of nitrogens with zero attached hydrogens (tertiary/aromatic N) is 1. The normalized spacial score (nSPS) is 20.8. The zero-order valence-electron chi connectivity index (χ0n) is 19.2. The average Bonchev–Trinajstić information content (AvgIpc) is 2.84. The van der Waals surface area contributed by atoms with Crippen molar-refractivity contribution in [3.63, 3.8) is 0 Å². The number of benzene rings is 1. The number of carbonyl (C=O) groups is 4. The number of halogens is 5. The van der Waals surface area contributed by atoms with Gasteiger partial charge in [-0.25, -0.2) is 9.18 Å². The lowest BCUT2D eigenvalue weighted by molar-refractivity contribution is -0.213. The van der Waals surface area contributed by atoms with Gasteiger partial charge in [-0.15, -0.1) is 0 Å². The van der Waals surface area contributed by atoms with Crippen LogP contribution in [0.4, 0.5) is 28.0 Å². The molecule has 0 radical (unpaired) electrons. The summed E-state index contributed by atoms with van der Waals surface area (Å²) in [7, 11) is 0. The molecule has 8 nitrogen and oxygen atoms in total. The van der Waals surface area contributed by atoms with Crippen LogP contribution in [0.5, 0.6) is 0 Å². The van der Waals surface area contributed by atoms with Crippen LogP contribution in [0.3, 0.4) is 0 Å². The maximum atomic E-state index is 13.9. The van der Waals surface area contributed by atoms with Gasteiger partial charge in [-0.05, 0) is 37.0 Å². The number of aliphatic carboxylic acids is 1. The van der Waals surface area contributed by atoms with E-state index in [2.05, 4.69) is 5.32 Å². The van der Waals surface area contributed by atoms with Crippen molar-refractivity contribution in [3.05, 3.63) is 53.1 Å². The number of allylic oxidation sites excluding steroid dienone is 3. The molecular formula is C24H23ClF4N2O6. The number of ether oxygens (including phenoxy) is 1. The molecule has 0 saturated heterocycles. The van der Waals surface area contributed by atoms with E-state index in [1.165, 1.54) is 30.4 Å². The summed E-state index contributed by atoms with van der Waals surface area (Å²) in [4.78, 5) is 50.0. The second kappa shape index (κ2) is 11.8. The van der Waals surface area contributed by atoms with E-state index in [0.29, 0.717) is 5.56 Å². The molecular weight excluding hydrogens is 524 g/mol. The van der Waals surface area contributed by atoms with Gasteiger partial charge in [-0.1, -0.05) is 42.0 Å². The highest BCUT2D eigenvalue weighted by atomic mass is 35.5. The molecule has 2 N–H and O–H groups in total. The number of carboxylic acid groups (broad SMARTS) is 1. The molecule has 1 aliphatic carbocycles. The average molecular weight is 547 g/mol. The molecule has 2 aliphatic rings. The molecule has 2 amide bonds. The number of carbonyl (C=O) groups excluding carboxylic acids is 3. The summed E-state index contributed by atoms with van der Waals surface area (Å²) in [5.74, 6) is -5.03. The minimum Gasteiger partial charge on any atom is -0.481 e. The number of ketones is 1. The molecule has 0 aromatic heterocycles. The summed E-state index contributed by atoms with van der Waals surface area (Å²) in [6.45, 7) is -1.54. The van der Waals surface area contributed by atoms with Gasteiger partial charge >= 0.3 is 18.2 Å². The second-order valence-electron chi connectivity index (χ2n) is 8.52. The van der Waals surface area contributed by atoms with E-state index in [4.69, 9.17) is 21.4 Å². The molecule has 1 aromatic rings. The van der Waals surface area contributed by atoms with Gasteiger partial charge in [-0.2, -0.15) is 13.2 Å². The fourth-order valence-electron chi connectivity index (χ4n) is 4.24. The molecule has 0 fully saturated rings. The van der Waals surface area contributed by atoms with Gasteiger partial charge in [0, 0.05) is 11.0 Å². The Bertz CT molecular complexity index is 1120. The first-order valence-electron chi connectivity index (χ1n) is 11.2. The Morgan fingerprint density at radius 3 is 2.54 bits per heavy atom. The first kappa shape index (κ1) is 28.2. The Balaban J connectivity index is 1.92. The number of amides is 2. The van der Waals surface area contributed by atoms with Crippen LogP contribution < -0.4 is 10.2 Å². The van der Waals surface area contributed by atoms with Gasteiger partial charge in [0.15, 0.2) is 5.78 Å². The quantitative estimate of drug-likeness (QED) is 0.475. The van der Waals surface area contributed by atoms with E-state index in [1.54, 1.807) is 12.1 Å². The number of Topliss-reactive ketones (excluding diaryl/α,β-unsaturated/α-hetero) is 1. The molecule has 2 unspecified atom stereocenters. The smallest absolute Gasteiger partial charge is 0.426 e. The highest BCUT2D eigenvalue weighted by Crippen LogP contribution is 2.37. The van der Waals surface area contributed by atoms with Gasteiger partial charge in [0.2, 0.25) is 12.0 Å². The number of carboxylic acids is 1. The van der Waals surface area contributed by atoms with E-state index < -0.39 is 67.1 Å². The first-order chi connectivity index (χ1) is 17.4. The van der Waals surface area contributed by atoms with Gasteiger partial charge in [0.1, 0.15) is 18.8 Å². The molecule has 3 rings (SSSR count). The molecule has 4 atom stereocenters. The van der Waals surface area contributed by atoms with Crippen molar-refractivity contribution in [1.29, 1.82) is 0 Å². The lowest BCUT2D eigenvalue weighted by atomic mass is 9.93. The van der Waals surface area contributed by atoms with Crippen LogP contribution in [0.2, 0.25) is 0 Å². The third-order valence-corrected chi connectivity index (χ3v) is 6.25. The Morgan fingerprint density at radius 2 is 1.92 bits per heavy atom. The Labute approximate surface area is 213 Å². The minimum absolute atomic E-state index is 0.0733. The fraction of sp³-hybridized carbons (Fsp3) is 0.417. The van der Waals surface area contributed by atoms with Crippen molar-refractivity contribution in [1.82, 2.24) is 5.32 Å². The molecule has 0 bridgehead atoms. The van der Waals surface area contributed by atoms with Crippen molar-refractivity contribution in [3.8, 4) is 0 Å². The number of anilines is 1. The zero-order chi connectivity index (χ0) is 27.3. The van der Waals surface area contributed by atoms with E-state index >= 15 is 0 Å². The van der Waals surface area contributed by atoms with Crippen molar-refractivity contribution in [2.75, 3.05) is 11.6 Å². The topological polar surface area (TPSA) is 113 Å². The lowest BCUT2D eigenvalue weighted by Gasteiger charge is -2.37. The first-order valence-corrected chi connectivity index (χ1v) is 11.6. The van der Waals surface area contributed by atoms with Gasteiger partial charge in [-0.3, -0.25) is 19.3 Å². The summed E-state index contributed by atoms with van der Waals surface area (Å²) in [6.07, 6.45) is -6.04. The van der Waals surface area contributed by atoms with Gasteiger partial charge in [0.25, 0.3) is 0 Å². The summed E-state index contributed by atoms with van der Waals surface area (Å²) in [5, 5.41) is 11.3.